The van der Waals surface area contributed by atoms with Crippen molar-refractivity contribution in [2.24, 2.45) is 10.9 Å². The molecule has 13 nitrogen and oxygen atoms in total. The van der Waals surface area contributed by atoms with Crippen molar-refractivity contribution in [3.05, 3.63) is 130 Å². The van der Waals surface area contributed by atoms with E-state index in [2.05, 4.69) is 25.6 Å². The summed E-state index contributed by atoms with van der Waals surface area (Å²) in [6.45, 7) is -1.74. The zero-order valence-corrected chi connectivity index (χ0v) is 27.7. The number of hydrogen-bond acceptors (Lipinski definition) is 11. The van der Waals surface area contributed by atoms with Crippen LogP contribution in [0.15, 0.2) is 113 Å². The summed E-state index contributed by atoms with van der Waals surface area (Å²) in [5.74, 6) is -2.92. The van der Waals surface area contributed by atoms with E-state index in [4.69, 9.17) is 10.5 Å². The van der Waals surface area contributed by atoms with Gasteiger partial charge in [0.05, 0.1) is 0 Å². The fraction of sp³-hybridized carbons (Fsp3) is 0.176. The number of hydrogen-bond donors (Lipinski definition) is 4. The second-order valence-electron chi connectivity index (χ2n) is 10.9. The number of ether oxygens (including phenoxy) is 1. The normalized spacial score (nSPS) is 17.3. The minimum Gasteiger partial charge on any atom is -0.477 e. The zero-order chi connectivity index (χ0) is 35.3. The van der Waals surface area contributed by atoms with Crippen molar-refractivity contribution in [2.75, 3.05) is 24.5 Å². The third kappa shape index (κ3) is 6.62. The smallest absolute Gasteiger partial charge is 0.404 e. The number of alkyl halides is 1. The number of carboxylic acids is 1. The molecule has 0 spiro atoms. The number of carbonyl (C=O) groups is 4. The summed E-state index contributed by atoms with van der Waals surface area (Å²) in [6.07, 6.45) is -1.09. The predicted octanol–water partition coefficient (Wildman–Crippen LogP) is 4.03. The van der Waals surface area contributed by atoms with Gasteiger partial charge in [-0.15, -0.1) is 23.1 Å². The Morgan fingerprint density at radius 1 is 1.00 bits per heavy atom. The summed E-state index contributed by atoms with van der Waals surface area (Å²) < 4.78 is 17.9. The molecule has 0 saturated carbocycles. The Balaban J connectivity index is 1.29. The standard InChI is InChI=1S/C34H29FN6O7S2/c35-19-48-40-25(28(42)38-26-29(43)41-27(31(44)45)20(16-47-32(36)46)17-49-30(26)41)24-18-50-33(37-24)39-34(21-10-4-1-5-11-21,22-12-6-2-7-13-22)23-14-8-3-9-15-23/h1-15,18,26,30H,16-17,19H2,(H2,36,46)(H,37,39)(H,38,42)(H,44,45)/b40-25-/t26-,30-/m1/s1. The van der Waals surface area contributed by atoms with Crippen molar-refractivity contribution in [1.29, 1.82) is 0 Å². The lowest BCUT2D eigenvalue weighted by Gasteiger charge is -2.49. The van der Waals surface area contributed by atoms with Gasteiger partial charge in [0.15, 0.2) is 10.8 Å². The number of nitrogens with one attached hydrogen (secondary N) is 2. The van der Waals surface area contributed by atoms with E-state index < -0.39 is 60.0 Å². The zero-order valence-electron chi connectivity index (χ0n) is 26.0. The van der Waals surface area contributed by atoms with Crippen LogP contribution in [0, 0.1) is 0 Å². The van der Waals surface area contributed by atoms with Crippen molar-refractivity contribution in [1.82, 2.24) is 15.2 Å². The Morgan fingerprint density at radius 2 is 1.58 bits per heavy atom. The SMILES string of the molecule is NC(=O)OCC1=C(C(=O)O)N2C(=O)[C@@H](NC(=O)/C(=N\OCF)c3csc(NC(c4ccccc4)(c4ccccc4)c4ccccc4)n3)[C@H]2SC1. The molecule has 5 N–H and O–H groups in total. The molecular weight excluding hydrogens is 688 g/mol. The van der Waals surface area contributed by atoms with Gasteiger partial charge >= 0.3 is 12.1 Å². The highest BCUT2D eigenvalue weighted by molar-refractivity contribution is 8.00. The molecule has 3 heterocycles. The van der Waals surface area contributed by atoms with Crippen LogP contribution in [0.4, 0.5) is 14.3 Å². The van der Waals surface area contributed by atoms with Crippen LogP contribution in [-0.2, 0) is 29.5 Å². The number of aliphatic carboxylic acids is 1. The Morgan fingerprint density at radius 3 is 2.10 bits per heavy atom. The molecule has 1 aromatic heterocycles. The lowest BCUT2D eigenvalue weighted by atomic mass is 9.77. The van der Waals surface area contributed by atoms with Gasteiger partial charge in [0.1, 0.15) is 35.0 Å². The topological polar surface area (TPSA) is 186 Å². The first-order valence-electron chi connectivity index (χ1n) is 15.0. The van der Waals surface area contributed by atoms with Crippen LogP contribution < -0.4 is 16.4 Å². The average molecular weight is 717 g/mol. The molecular formula is C34H29FN6O7S2. The highest BCUT2D eigenvalue weighted by Crippen LogP contribution is 2.42. The lowest BCUT2D eigenvalue weighted by molar-refractivity contribution is -0.150. The number of thiazole rings is 1. The molecule has 2 aliphatic rings. The van der Waals surface area contributed by atoms with E-state index in [0.29, 0.717) is 5.13 Å². The van der Waals surface area contributed by atoms with Crippen molar-refractivity contribution >= 4 is 57.8 Å². The molecule has 3 aromatic carbocycles. The molecule has 256 valence electrons. The van der Waals surface area contributed by atoms with Crippen molar-refractivity contribution < 1.29 is 38.2 Å². The van der Waals surface area contributed by atoms with Gasteiger partial charge in [0.2, 0.25) is 0 Å². The Hall–Kier alpha value is -5.74. The van der Waals surface area contributed by atoms with Crippen LogP contribution in [-0.4, -0.2) is 75.2 Å². The number of anilines is 1. The number of β-lactam (4-membered cyclic amide) rings is 1. The van der Waals surface area contributed by atoms with E-state index in [1.807, 2.05) is 91.0 Å². The molecule has 2 aliphatic heterocycles. The molecule has 4 aromatic rings. The van der Waals surface area contributed by atoms with E-state index in [0.717, 1.165) is 33.4 Å². The number of nitrogens with zero attached hydrogens (tertiary/aromatic N) is 3. The van der Waals surface area contributed by atoms with Gasteiger partial charge < -0.3 is 31.0 Å². The lowest BCUT2D eigenvalue weighted by Crippen LogP contribution is -2.71. The third-order valence-electron chi connectivity index (χ3n) is 8.01. The molecule has 6 rings (SSSR count). The van der Waals surface area contributed by atoms with Gasteiger partial charge in [-0.25, -0.2) is 19.0 Å². The highest BCUT2D eigenvalue weighted by atomic mass is 32.2. The van der Waals surface area contributed by atoms with Crippen molar-refractivity contribution in [3.63, 3.8) is 0 Å². The number of rotatable bonds is 13. The summed E-state index contributed by atoms with van der Waals surface area (Å²) >= 11 is 2.34. The maximum atomic E-state index is 13.6. The van der Waals surface area contributed by atoms with Crippen LogP contribution >= 0.6 is 23.1 Å². The summed E-state index contributed by atoms with van der Waals surface area (Å²) in [7, 11) is 0. The monoisotopic (exact) mass is 716 g/mol. The molecule has 0 aliphatic carbocycles. The van der Waals surface area contributed by atoms with Crippen molar-refractivity contribution in [3.8, 4) is 0 Å². The number of halogens is 1. The quantitative estimate of drug-likeness (QED) is 0.0682. The summed E-state index contributed by atoms with van der Waals surface area (Å²) in [5, 5.41) is 20.8. The number of aromatic nitrogens is 1. The minimum absolute atomic E-state index is 0.0449. The van der Waals surface area contributed by atoms with Crippen LogP contribution in [0.2, 0.25) is 0 Å². The molecule has 50 heavy (non-hydrogen) atoms. The number of primary amides is 1. The summed E-state index contributed by atoms with van der Waals surface area (Å²) in [4.78, 5) is 60.2. The molecule has 0 unspecified atom stereocenters. The molecule has 3 amide bonds. The average Bonchev–Trinajstić information content (AvgIpc) is 3.60. The van der Waals surface area contributed by atoms with Gasteiger partial charge in [0.25, 0.3) is 18.7 Å². The van der Waals surface area contributed by atoms with Gasteiger partial charge in [-0.3, -0.25) is 14.5 Å². The van der Waals surface area contributed by atoms with Gasteiger partial charge in [-0.2, -0.15) is 0 Å². The number of nitrogens with two attached hydrogens (primary N) is 1. The molecule has 0 radical (unpaired) electrons. The number of thioether (sulfide) groups is 1. The van der Waals surface area contributed by atoms with E-state index >= 15 is 0 Å². The number of fused-ring (bicyclic) bond motifs is 1. The summed E-state index contributed by atoms with van der Waals surface area (Å²) in [6, 6.07) is 28.2. The number of benzene rings is 3. The van der Waals surface area contributed by atoms with E-state index in [9.17, 15) is 28.7 Å². The largest absolute Gasteiger partial charge is 0.477 e. The molecule has 2 atom stereocenters. The fourth-order valence-corrected chi connectivity index (χ4v) is 7.91. The number of amides is 3. The van der Waals surface area contributed by atoms with Gasteiger partial charge in [-0.05, 0) is 16.7 Å². The number of oxime groups is 1. The molecule has 1 saturated heterocycles. The van der Waals surface area contributed by atoms with E-state index in [1.165, 1.54) is 11.3 Å². The van der Waals surface area contributed by atoms with E-state index in [-0.39, 0.29) is 22.7 Å². The first-order valence-corrected chi connectivity index (χ1v) is 17.0. The first-order chi connectivity index (χ1) is 24.2. The van der Waals surface area contributed by atoms with Crippen LogP contribution in [0.25, 0.3) is 0 Å². The van der Waals surface area contributed by atoms with Crippen LogP contribution in [0.1, 0.15) is 22.4 Å². The maximum Gasteiger partial charge on any atom is 0.404 e. The predicted molar refractivity (Wildman–Crippen MR) is 184 cm³/mol. The van der Waals surface area contributed by atoms with Crippen LogP contribution in [0.3, 0.4) is 0 Å². The number of carbonyl (C=O) groups excluding carboxylic acids is 3. The Kier molecular flexibility index (Phi) is 10.1. The molecule has 0 bridgehead atoms. The maximum absolute atomic E-state index is 13.6. The molecule has 16 heteroatoms. The second kappa shape index (κ2) is 14.8. The van der Waals surface area contributed by atoms with Gasteiger partial charge in [-0.1, -0.05) is 96.2 Å². The Bertz CT molecular complexity index is 1860. The van der Waals surface area contributed by atoms with Crippen molar-refractivity contribution in [2.45, 2.75) is 17.0 Å². The third-order valence-corrected chi connectivity index (χ3v) is 10.1. The minimum atomic E-state index is -1.41. The van der Waals surface area contributed by atoms with Gasteiger partial charge in [0, 0.05) is 16.7 Å². The second-order valence-corrected chi connectivity index (χ2v) is 12.9. The number of carboxylic acid groups (broad SMARTS) is 1. The first kappa shape index (κ1) is 34.1. The van der Waals surface area contributed by atoms with Crippen LogP contribution in [0.5, 0.6) is 0 Å². The molecule has 1 fully saturated rings. The Labute approximate surface area is 293 Å². The highest BCUT2D eigenvalue weighted by Gasteiger charge is 2.54. The van der Waals surface area contributed by atoms with E-state index in [1.54, 1.807) is 5.38 Å². The summed E-state index contributed by atoms with van der Waals surface area (Å²) in [5.41, 5.74) is 6.31. The fourth-order valence-electron chi connectivity index (χ4n) is 5.84.